The van der Waals surface area contributed by atoms with Crippen molar-refractivity contribution >= 4 is 11.8 Å². The molecule has 6 nitrogen and oxygen atoms in total. The van der Waals surface area contributed by atoms with E-state index in [4.69, 9.17) is 0 Å². The van der Waals surface area contributed by atoms with Crippen LogP contribution in [-0.4, -0.2) is 18.2 Å². The number of rotatable bonds is 2. The van der Waals surface area contributed by atoms with Crippen molar-refractivity contribution in [1.82, 2.24) is 0 Å². The van der Waals surface area contributed by atoms with Crippen molar-refractivity contribution in [2.75, 3.05) is 7.11 Å². The molecule has 0 radical (unpaired) electrons. The summed E-state index contributed by atoms with van der Waals surface area (Å²) in [5.41, 5.74) is -0.0674. The number of allylic oxidation sites excluding steroid dienone is 2. The van der Waals surface area contributed by atoms with E-state index in [9.17, 15) is 14.9 Å². The number of hydrogen-bond acceptors (Lipinski definition) is 5. The van der Waals surface area contributed by atoms with Gasteiger partial charge in [0.15, 0.2) is 0 Å². The number of carbonyl (C=O) groups is 1. The zero-order chi connectivity index (χ0) is 16.7. The minimum absolute atomic E-state index is 0.0674. The van der Waals surface area contributed by atoms with E-state index in [0.717, 1.165) is 11.8 Å². The third-order valence-electron chi connectivity index (χ3n) is 4.06. The van der Waals surface area contributed by atoms with Crippen LogP contribution in [0.1, 0.15) is 32.1 Å². The molecule has 0 aromatic heterocycles. The number of nitro benzene ring substituents is 1. The Balaban J connectivity index is 0.000000182. The maximum atomic E-state index is 10.6. The molecule has 0 heterocycles. The van der Waals surface area contributed by atoms with Gasteiger partial charge < -0.3 is 9.47 Å². The summed E-state index contributed by atoms with van der Waals surface area (Å²) in [6.45, 7) is 0. The molecule has 1 saturated carbocycles. The lowest BCUT2D eigenvalue weighted by Crippen LogP contribution is -2.06. The molecular formula is C17H21NO5. The number of carbonyl (C=O) groups excluding carboxylic acids is 1. The van der Waals surface area contributed by atoms with E-state index in [1.165, 1.54) is 57.1 Å². The highest BCUT2D eigenvalue weighted by Gasteiger charge is 2.35. The van der Waals surface area contributed by atoms with E-state index >= 15 is 0 Å². The third kappa shape index (κ3) is 5.73. The van der Waals surface area contributed by atoms with E-state index < -0.39 is 11.1 Å². The molecule has 124 valence electrons. The first-order valence-corrected chi connectivity index (χ1v) is 7.75. The van der Waals surface area contributed by atoms with Gasteiger partial charge in [-0.3, -0.25) is 10.1 Å². The lowest BCUT2D eigenvalue weighted by atomic mass is 10.1. The summed E-state index contributed by atoms with van der Waals surface area (Å²) in [4.78, 5) is 20.3. The SMILES string of the molecule is C1=C\CCC2CC2CC/1.COC(=O)Oc1ccc([N+](=O)[O-])cc1. The van der Waals surface area contributed by atoms with Gasteiger partial charge in [-0.15, -0.1) is 0 Å². The molecule has 3 rings (SSSR count). The predicted octanol–water partition coefficient (Wildman–Crippen LogP) is 4.49. The second kappa shape index (κ2) is 8.31. The van der Waals surface area contributed by atoms with Gasteiger partial charge >= 0.3 is 6.16 Å². The predicted molar refractivity (Wildman–Crippen MR) is 85.3 cm³/mol. The Morgan fingerprint density at radius 2 is 1.70 bits per heavy atom. The molecule has 2 atom stereocenters. The molecule has 0 saturated heterocycles. The zero-order valence-electron chi connectivity index (χ0n) is 13.1. The smallest absolute Gasteiger partial charge is 0.437 e. The van der Waals surface area contributed by atoms with Crippen molar-refractivity contribution in [3.05, 3.63) is 46.5 Å². The minimum Gasteiger partial charge on any atom is -0.437 e. The molecule has 0 spiro atoms. The first kappa shape index (κ1) is 17.0. The van der Waals surface area contributed by atoms with Crippen LogP contribution in [0.15, 0.2) is 36.4 Å². The second-order valence-corrected chi connectivity index (χ2v) is 5.69. The fraction of sp³-hybridized carbons (Fsp3) is 0.471. The van der Waals surface area contributed by atoms with Gasteiger partial charge in [0.25, 0.3) is 5.69 Å². The molecule has 0 amide bonds. The maximum absolute atomic E-state index is 10.6. The fourth-order valence-electron chi connectivity index (χ4n) is 2.65. The molecule has 2 aliphatic rings. The van der Waals surface area contributed by atoms with E-state index in [1.807, 2.05) is 0 Å². The largest absolute Gasteiger partial charge is 0.513 e. The standard InChI is InChI=1S/C9H14.C8H7NO5/c1-2-4-6-9-7-8(9)5-3-1;1-13-8(10)14-7-4-2-6(3-5-7)9(11)12/h1-2,8-9H,3-7H2;2-5H,1H3/b2-1-;. The first-order chi connectivity index (χ1) is 11.1. The summed E-state index contributed by atoms with van der Waals surface area (Å²) in [6.07, 6.45) is 11.0. The molecular weight excluding hydrogens is 298 g/mol. The molecule has 0 aliphatic heterocycles. The maximum Gasteiger partial charge on any atom is 0.513 e. The van der Waals surface area contributed by atoms with Crippen LogP contribution in [0.25, 0.3) is 0 Å². The first-order valence-electron chi connectivity index (χ1n) is 7.75. The second-order valence-electron chi connectivity index (χ2n) is 5.69. The molecule has 2 aliphatic carbocycles. The lowest BCUT2D eigenvalue weighted by Gasteiger charge is -2.00. The van der Waals surface area contributed by atoms with Gasteiger partial charge in [-0.2, -0.15) is 0 Å². The van der Waals surface area contributed by atoms with E-state index in [-0.39, 0.29) is 11.4 Å². The molecule has 1 aromatic rings. The van der Waals surface area contributed by atoms with Crippen LogP contribution >= 0.6 is 0 Å². The fourth-order valence-corrected chi connectivity index (χ4v) is 2.65. The third-order valence-corrected chi connectivity index (χ3v) is 4.06. The van der Waals surface area contributed by atoms with Gasteiger partial charge in [0, 0.05) is 12.1 Å². The number of non-ortho nitro benzene ring substituents is 1. The van der Waals surface area contributed by atoms with Gasteiger partial charge in [-0.05, 0) is 56.1 Å². The number of hydrogen-bond donors (Lipinski definition) is 0. The summed E-state index contributed by atoms with van der Waals surface area (Å²) in [6, 6.07) is 5.10. The molecule has 0 N–H and O–H groups in total. The average Bonchev–Trinajstić information content (AvgIpc) is 3.25. The average molecular weight is 319 g/mol. The molecule has 6 heteroatoms. The van der Waals surface area contributed by atoms with Crippen LogP contribution in [0.2, 0.25) is 0 Å². The van der Waals surface area contributed by atoms with Crippen molar-refractivity contribution in [3.63, 3.8) is 0 Å². The highest BCUT2D eigenvalue weighted by Crippen LogP contribution is 2.46. The Labute approximate surface area is 135 Å². The minimum atomic E-state index is -0.862. The highest BCUT2D eigenvalue weighted by atomic mass is 16.7. The van der Waals surface area contributed by atoms with Crippen LogP contribution in [0.3, 0.4) is 0 Å². The number of nitro groups is 1. The van der Waals surface area contributed by atoms with E-state index in [1.54, 1.807) is 6.42 Å². The van der Waals surface area contributed by atoms with Crippen LogP contribution in [0, 0.1) is 22.0 Å². The van der Waals surface area contributed by atoms with Crippen molar-refractivity contribution in [2.45, 2.75) is 32.1 Å². The van der Waals surface area contributed by atoms with Crippen LogP contribution < -0.4 is 4.74 Å². The summed E-state index contributed by atoms with van der Waals surface area (Å²) in [7, 11) is 1.17. The summed E-state index contributed by atoms with van der Waals surface area (Å²) in [5, 5.41) is 10.3. The van der Waals surface area contributed by atoms with Crippen LogP contribution in [-0.2, 0) is 4.74 Å². The number of nitrogens with zero attached hydrogens (tertiary/aromatic N) is 1. The molecule has 23 heavy (non-hydrogen) atoms. The topological polar surface area (TPSA) is 78.7 Å². The molecule has 0 bridgehead atoms. The van der Waals surface area contributed by atoms with Crippen LogP contribution in [0.4, 0.5) is 10.5 Å². The van der Waals surface area contributed by atoms with Crippen molar-refractivity contribution in [3.8, 4) is 5.75 Å². The summed E-state index contributed by atoms with van der Waals surface area (Å²) >= 11 is 0. The Hall–Kier alpha value is -2.37. The summed E-state index contributed by atoms with van der Waals surface area (Å²) in [5.74, 6) is 2.47. The monoisotopic (exact) mass is 319 g/mol. The van der Waals surface area contributed by atoms with Gasteiger partial charge in [0.2, 0.25) is 0 Å². The normalized spacial score (nSPS) is 23.0. The van der Waals surface area contributed by atoms with E-state index in [0.29, 0.717) is 0 Å². The molecule has 1 fully saturated rings. The van der Waals surface area contributed by atoms with Crippen molar-refractivity contribution in [2.24, 2.45) is 11.8 Å². The van der Waals surface area contributed by atoms with Gasteiger partial charge in [-0.25, -0.2) is 4.79 Å². The molecule has 1 aromatic carbocycles. The van der Waals surface area contributed by atoms with Gasteiger partial charge in [-0.1, -0.05) is 12.2 Å². The number of methoxy groups -OCH3 is 1. The van der Waals surface area contributed by atoms with Crippen molar-refractivity contribution in [1.29, 1.82) is 0 Å². The number of ether oxygens (including phenoxy) is 2. The molecule has 2 unspecified atom stereocenters. The zero-order valence-corrected chi connectivity index (χ0v) is 13.1. The number of benzene rings is 1. The Morgan fingerprint density at radius 3 is 2.17 bits per heavy atom. The highest BCUT2D eigenvalue weighted by molar-refractivity contribution is 5.63. The summed E-state index contributed by atoms with van der Waals surface area (Å²) < 4.78 is 8.85. The Morgan fingerprint density at radius 1 is 1.13 bits per heavy atom. The van der Waals surface area contributed by atoms with Gasteiger partial charge in [0.1, 0.15) is 5.75 Å². The van der Waals surface area contributed by atoms with E-state index in [2.05, 4.69) is 21.6 Å². The van der Waals surface area contributed by atoms with Gasteiger partial charge in [0.05, 0.1) is 12.0 Å². The lowest BCUT2D eigenvalue weighted by molar-refractivity contribution is -0.384. The van der Waals surface area contributed by atoms with Crippen molar-refractivity contribution < 1.29 is 19.2 Å². The quantitative estimate of drug-likeness (QED) is 0.264. The number of fused-ring (bicyclic) bond motifs is 1. The van der Waals surface area contributed by atoms with Crippen LogP contribution in [0.5, 0.6) is 5.75 Å². The Kier molecular flexibility index (Phi) is 6.14. The Bertz CT molecular complexity index is 553.